The Labute approximate surface area is 120 Å². The van der Waals surface area contributed by atoms with Crippen molar-refractivity contribution in [3.05, 3.63) is 28.7 Å². The van der Waals surface area contributed by atoms with Crippen molar-refractivity contribution in [3.8, 4) is 0 Å². The number of nitrogens with zero attached hydrogens (tertiary/aromatic N) is 1. The van der Waals surface area contributed by atoms with Crippen molar-refractivity contribution in [1.82, 2.24) is 4.57 Å². The van der Waals surface area contributed by atoms with E-state index < -0.39 is 0 Å². The normalized spacial score (nSPS) is 13.2. The first kappa shape index (κ1) is 16.7. The molecule has 5 heteroatoms. The lowest BCUT2D eigenvalue weighted by Crippen LogP contribution is -2.31. The highest BCUT2D eigenvalue weighted by Crippen LogP contribution is 2.18. The van der Waals surface area contributed by atoms with Gasteiger partial charge in [0, 0.05) is 39.1 Å². The van der Waals surface area contributed by atoms with Gasteiger partial charge in [0.1, 0.15) is 0 Å². The predicted molar refractivity (Wildman–Crippen MR) is 81.4 cm³/mol. The number of ether oxygens (including phenoxy) is 2. The van der Waals surface area contributed by atoms with Gasteiger partial charge in [0.25, 0.3) is 5.56 Å². The summed E-state index contributed by atoms with van der Waals surface area (Å²) in [4.78, 5) is 11.7. The molecule has 0 aliphatic rings. The first-order valence-corrected chi connectivity index (χ1v) is 6.89. The maximum Gasteiger partial charge on any atom is 0.250 e. The molecule has 1 aromatic heterocycles. The average molecular weight is 282 g/mol. The number of pyridine rings is 1. The quantitative estimate of drug-likeness (QED) is 0.793. The van der Waals surface area contributed by atoms with Crippen molar-refractivity contribution in [2.75, 3.05) is 26.1 Å². The second-order valence-electron chi connectivity index (χ2n) is 5.66. The van der Waals surface area contributed by atoms with E-state index in [-0.39, 0.29) is 17.2 Å². The molecule has 0 aliphatic carbocycles. The summed E-state index contributed by atoms with van der Waals surface area (Å²) in [6.07, 6.45) is 2.71. The second kappa shape index (κ2) is 7.45. The third-order valence-corrected chi connectivity index (χ3v) is 3.28. The van der Waals surface area contributed by atoms with Crippen LogP contribution >= 0.6 is 0 Å². The van der Waals surface area contributed by atoms with Gasteiger partial charge in [-0.3, -0.25) is 4.79 Å². The Bertz CT molecular complexity index is 468. The zero-order valence-corrected chi connectivity index (χ0v) is 13.1. The molecule has 0 bridgehead atoms. The third kappa shape index (κ3) is 5.35. The van der Waals surface area contributed by atoms with Gasteiger partial charge < -0.3 is 19.4 Å². The molecule has 20 heavy (non-hydrogen) atoms. The van der Waals surface area contributed by atoms with Gasteiger partial charge in [-0.1, -0.05) is 0 Å². The van der Waals surface area contributed by atoms with Crippen LogP contribution in [-0.2, 0) is 16.0 Å². The lowest BCUT2D eigenvalue weighted by molar-refractivity contribution is 0.0128. The molecule has 0 fully saturated rings. The Kier molecular flexibility index (Phi) is 6.23. The van der Waals surface area contributed by atoms with Gasteiger partial charge >= 0.3 is 0 Å². The SMILES string of the molecule is COCCn1cc(NC(C)CC(C)(C)OC)ccc1=O. The fourth-order valence-electron chi connectivity index (χ4n) is 2.14. The van der Waals surface area contributed by atoms with Crippen LogP contribution in [0.1, 0.15) is 27.2 Å². The highest BCUT2D eigenvalue weighted by molar-refractivity contribution is 5.41. The zero-order chi connectivity index (χ0) is 15.2. The predicted octanol–water partition coefficient (Wildman–Crippen LogP) is 2.11. The fraction of sp³-hybridized carbons (Fsp3) is 0.667. The lowest BCUT2D eigenvalue weighted by atomic mass is 10.00. The van der Waals surface area contributed by atoms with Crippen LogP contribution in [0.15, 0.2) is 23.1 Å². The van der Waals surface area contributed by atoms with Crippen molar-refractivity contribution in [1.29, 1.82) is 0 Å². The van der Waals surface area contributed by atoms with Crippen molar-refractivity contribution < 1.29 is 9.47 Å². The number of anilines is 1. The van der Waals surface area contributed by atoms with Gasteiger partial charge in [-0.15, -0.1) is 0 Å². The minimum atomic E-state index is -0.170. The Morgan fingerprint density at radius 3 is 2.65 bits per heavy atom. The topological polar surface area (TPSA) is 52.5 Å². The first-order valence-electron chi connectivity index (χ1n) is 6.89. The van der Waals surface area contributed by atoms with Gasteiger partial charge in [-0.05, 0) is 33.3 Å². The van der Waals surface area contributed by atoms with Gasteiger partial charge in [0.15, 0.2) is 0 Å². The van der Waals surface area contributed by atoms with E-state index >= 15 is 0 Å². The minimum Gasteiger partial charge on any atom is -0.383 e. The molecule has 1 heterocycles. The molecule has 114 valence electrons. The van der Waals surface area contributed by atoms with E-state index in [0.717, 1.165) is 12.1 Å². The Morgan fingerprint density at radius 1 is 1.35 bits per heavy atom. The molecular formula is C15H26N2O3. The summed E-state index contributed by atoms with van der Waals surface area (Å²) in [5.74, 6) is 0. The molecule has 1 N–H and O–H groups in total. The summed E-state index contributed by atoms with van der Waals surface area (Å²) < 4.78 is 12.1. The summed E-state index contributed by atoms with van der Waals surface area (Å²) in [6, 6.07) is 3.63. The summed E-state index contributed by atoms with van der Waals surface area (Å²) in [5.41, 5.74) is 0.745. The summed E-state index contributed by atoms with van der Waals surface area (Å²) in [5, 5.41) is 3.40. The Balaban J connectivity index is 2.70. The zero-order valence-electron chi connectivity index (χ0n) is 13.1. The average Bonchev–Trinajstić information content (AvgIpc) is 2.38. The summed E-state index contributed by atoms with van der Waals surface area (Å²) in [7, 11) is 3.35. The van der Waals surface area contributed by atoms with Crippen LogP contribution in [0, 0.1) is 0 Å². The number of nitrogens with one attached hydrogen (secondary N) is 1. The molecule has 0 saturated heterocycles. The van der Waals surface area contributed by atoms with Crippen molar-refractivity contribution in [3.63, 3.8) is 0 Å². The molecule has 1 atom stereocenters. The van der Waals surface area contributed by atoms with Gasteiger partial charge in [0.2, 0.25) is 0 Å². The molecule has 1 rings (SSSR count). The van der Waals surface area contributed by atoms with Gasteiger partial charge in [-0.2, -0.15) is 0 Å². The monoisotopic (exact) mass is 282 g/mol. The van der Waals surface area contributed by atoms with Crippen molar-refractivity contribution in [2.24, 2.45) is 0 Å². The summed E-state index contributed by atoms with van der Waals surface area (Å²) in [6.45, 7) is 7.30. The molecule has 0 saturated carbocycles. The molecular weight excluding hydrogens is 256 g/mol. The molecule has 0 radical (unpaired) electrons. The van der Waals surface area contributed by atoms with Gasteiger partial charge in [0.05, 0.1) is 17.9 Å². The standard InChI is InChI=1S/C15H26N2O3/c1-12(10-15(2,3)20-5)16-13-6-7-14(18)17(11-13)8-9-19-4/h6-7,11-12,16H,8-10H2,1-5H3. The smallest absolute Gasteiger partial charge is 0.250 e. The number of hydrogen-bond donors (Lipinski definition) is 1. The van der Waals surface area contributed by atoms with E-state index in [2.05, 4.69) is 26.1 Å². The fourth-order valence-corrected chi connectivity index (χ4v) is 2.14. The molecule has 1 unspecified atom stereocenters. The van der Waals surface area contributed by atoms with Crippen LogP contribution in [0.2, 0.25) is 0 Å². The van der Waals surface area contributed by atoms with Gasteiger partial charge in [-0.25, -0.2) is 0 Å². The molecule has 1 aromatic rings. The van der Waals surface area contributed by atoms with Crippen LogP contribution in [0.3, 0.4) is 0 Å². The molecule has 0 aromatic carbocycles. The number of rotatable bonds is 8. The largest absolute Gasteiger partial charge is 0.383 e. The first-order chi connectivity index (χ1) is 9.38. The minimum absolute atomic E-state index is 0.0162. The van der Waals surface area contributed by atoms with Crippen molar-refractivity contribution in [2.45, 2.75) is 45.4 Å². The Morgan fingerprint density at radius 2 is 2.05 bits per heavy atom. The van der Waals surface area contributed by atoms with Crippen molar-refractivity contribution >= 4 is 5.69 Å². The van der Waals surface area contributed by atoms with E-state index in [9.17, 15) is 4.79 Å². The molecule has 0 spiro atoms. The maximum absolute atomic E-state index is 11.7. The number of aromatic nitrogens is 1. The maximum atomic E-state index is 11.7. The van der Waals surface area contributed by atoms with Crippen LogP contribution < -0.4 is 10.9 Å². The van der Waals surface area contributed by atoms with E-state index in [1.165, 1.54) is 0 Å². The Hall–Kier alpha value is -1.33. The highest BCUT2D eigenvalue weighted by Gasteiger charge is 2.20. The second-order valence-corrected chi connectivity index (χ2v) is 5.66. The van der Waals surface area contributed by atoms with Crippen LogP contribution in [0.4, 0.5) is 5.69 Å². The summed E-state index contributed by atoms with van der Waals surface area (Å²) >= 11 is 0. The van der Waals surface area contributed by atoms with E-state index in [4.69, 9.17) is 9.47 Å². The third-order valence-electron chi connectivity index (χ3n) is 3.28. The molecule has 5 nitrogen and oxygen atoms in total. The van der Waals surface area contributed by atoms with E-state index in [1.54, 1.807) is 24.9 Å². The number of methoxy groups -OCH3 is 2. The van der Waals surface area contributed by atoms with E-state index in [0.29, 0.717) is 13.2 Å². The highest BCUT2D eigenvalue weighted by atomic mass is 16.5. The van der Waals surface area contributed by atoms with Crippen LogP contribution in [0.25, 0.3) is 0 Å². The lowest BCUT2D eigenvalue weighted by Gasteiger charge is -2.27. The molecule has 0 aliphatic heterocycles. The van der Waals surface area contributed by atoms with Crippen LogP contribution in [0.5, 0.6) is 0 Å². The number of hydrogen-bond acceptors (Lipinski definition) is 4. The van der Waals surface area contributed by atoms with E-state index in [1.807, 2.05) is 12.3 Å². The van der Waals surface area contributed by atoms with Crippen LogP contribution in [-0.4, -0.2) is 37.0 Å². The molecule has 0 amide bonds.